The number of imide groups is 1. The number of unbranched alkanes of at least 4 members (excludes halogenated alkanes) is 1. The summed E-state index contributed by atoms with van der Waals surface area (Å²) in [5, 5.41) is 5.16. The number of carbonyl (C=O) groups is 5. The van der Waals surface area contributed by atoms with Gasteiger partial charge in [-0.2, -0.15) is 0 Å². The molecule has 0 saturated carbocycles. The van der Waals surface area contributed by atoms with Crippen molar-refractivity contribution < 1.29 is 33.4 Å². The van der Waals surface area contributed by atoms with Gasteiger partial charge in [-0.3, -0.25) is 28.9 Å². The van der Waals surface area contributed by atoms with Gasteiger partial charge in [0.1, 0.15) is 22.9 Å². The van der Waals surface area contributed by atoms with Crippen molar-refractivity contribution in [1.82, 2.24) is 20.1 Å². The van der Waals surface area contributed by atoms with Gasteiger partial charge in [0.15, 0.2) is 0 Å². The number of aromatic nitrogens is 1. The molecule has 264 valence electrons. The molecule has 3 rings (SSSR count). The van der Waals surface area contributed by atoms with Crippen LogP contribution in [0, 0.1) is 24.2 Å². The van der Waals surface area contributed by atoms with E-state index in [4.69, 9.17) is 15.9 Å². The number of amides is 4. The normalized spacial score (nSPS) is 15.8. The van der Waals surface area contributed by atoms with Gasteiger partial charge in [-0.15, -0.1) is 23.7 Å². The van der Waals surface area contributed by atoms with Crippen LogP contribution in [0.5, 0.6) is 0 Å². The van der Waals surface area contributed by atoms with E-state index in [1.54, 1.807) is 24.3 Å². The molecular formula is C37H48N4O7S. The summed E-state index contributed by atoms with van der Waals surface area (Å²) in [7, 11) is 1.78. The molecule has 1 N–H and O–H groups in total. The fourth-order valence-corrected chi connectivity index (χ4v) is 6.48. The predicted molar refractivity (Wildman–Crippen MR) is 187 cm³/mol. The number of nitrogens with one attached hydrogen (secondary N) is 1. The van der Waals surface area contributed by atoms with Crippen LogP contribution in [0.15, 0.2) is 47.9 Å². The SMILES string of the molecule is C#C[C@@H](CC)CC(=O)N(C)[C@H](C[C@@H](OCCCCN1C(=O)C=CC1=O)c1nc(C(=O)N[C@H](C)C(OC(C)=O)c2ccccc2)cs1)C(C)C. The van der Waals surface area contributed by atoms with E-state index in [-0.39, 0.29) is 54.3 Å². The minimum atomic E-state index is -0.694. The van der Waals surface area contributed by atoms with Crippen LogP contribution in [0.3, 0.4) is 0 Å². The number of thiazole rings is 1. The number of nitrogens with zero attached hydrogens (tertiary/aromatic N) is 3. The number of hydrogen-bond acceptors (Lipinski definition) is 9. The Morgan fingerprint density at radius 2 is 1.76 bits per heavy atom. The highest BCUT2D eigenvalue weighted by Gasteiger charge is 2.31. The van der Waals surface area contributed by atoms with E-state index in [1.807, 2.05) is 51.1 Å². The molecule has 1 unspecified atom stereocenters. The van der Waals surface area contributed by atoms with Crippen molar-refractivity contribution in [2.24, 2.45) is 11.8 Å². The molecule has 1 aromatic carbocycles. The standard InChI is InChI=1S/C37H48N4O7S/c1-8-27(9-2)21-34(45)40(7)30(24(3)4)22-31(47-20-14-13-19-41-32(43)17-18-33(41)44)37-39-29(23-49-37)36(46)38-25(5)35(48-26(6)42)28-15-11-10-12-16-28/h1,10-12,15-18,23-25,27,30-31,35H,9,13-14,19-22H2,2-7H3,(H,38,46)/t25-,27+,30-,31-,35?/m1/s1. The van der Waals surface area contributed by atoms with Gasteiger partial charge >= 0.3 is 5.97 Å². The van der Waals surface area contributed by atoms with Gasteiger partial charge in [-0.25, -0.2) is 4.98 Å². The largest absolute Gasteiger partial charge is 0.455 e. The molecule has 1 aliphatic heterocycles. The molecule has 0 bridgehead atoms. The smallest absolute Gasteiger partial charge is 0.303 e. The van der Waals surface area contributed by atoms with Crippen LogP contribution in [0.4, 0.5) is 0 Å². The lowest BCUT2D eigenvalue weighted by atomic mass is 9.95. The molecule has 2 heterocycles. The van der Waals surface area contributed by atoms with Gasteiger partial charge in [0.05, 0.1) is 6.04 Å². The van der Waals surface area contributed by atoms with Crippen molar-refractivity contribution in [3.63, 3.8) is 0 Å². The van der Waals surface area contributed by atoms with Crippen LogP contribution in [-0.2, 0) is 28.7 Å². The van der Waals surface area contributed by atoms with Crippen molar-refractivity contribution in [1.29, 1.82) is 0 Å². The molecule has 0 aliphatic carbocycles. The van der Waals surface area contributed by atoms with Gasteiger partial charge in [0.2, 0.25) is 5.91 Å². The van der Waals surface area contributed by atoms with Gasteiger partial charge in [0.25, 0.3) is 17.7 Å². The third-order valence-corrected chi connectivity index (χ3v) is 9.46. The average molecular weight is 693 g/mol. The zero-order valence-corrected chi connectivity index (χ0v) is 30.0. The average Bonchev–Trinajstić information content (AvgIpc) is 3.70. The van der Waals surface area contributed by atoms with Crippen LogP contribution in [0.1, 0.15) is 100.0 Å². The lowest BCUT2D eigenvalue weighted by Crippen LogP contribution is -2.42. The van der Waals surface area contributed by atoms with E-state index in [1.165, 1.54) is 35.3 Å². The third kappa shape index (κ3) is 11.4. The Kier molecular flexibility index (Phi) is 15.2. The zero-order valence-electron chi connectivity index (χ0n) is 29.2. The van der Waals surface area contributed by atoms with Crippen LogP contribution >= 0.6 is 11.3 Å². The van der Waals surface area contributed by atoms with Crippen LogP contribution in [0.25, 0.3) is 0 Å². The first-order chi connectivity index (χ1) is 23.4. The fraction of sp³-hybridized carbons (Fsp3) is 0.514. The minimum absolute atomic E-state index is 0.0512. The second-order valence-corrected chi connectivity index (χ2v) is 13.4. The van der Waals surface area contributed by atoms with Crippen molar-refractivity contribution in [2.45, 2.75) is 91.0 Å². The molecule has 1 aliphatic rings. The number of esters is 1. The highest BCUT2D eigenvalue weighted by atomic mass is 32.1. The molecule has 0 fully saturated rings. The van der Waals surface area contributed by atoms with Crippen LogP contribution in [-0.4, -0.2) is 76.7 Å². The molecular weight excluding hydrogens is 644 g/mol. The lowest BCUT2D eigenvalue weighted by molar-refractivity contribution is -0.148. The quantitative estimate of drug-likeness (QED) is 0.0913. The van der Waals surface area contributed by atoms with Crippen molar-refractivity contribution in [3.8, 4) is 12.3 Å². The second-order valence-electron chi connectivity index (χ2n) is 12.5. The Morgan fingerprint density at radius 1 is 1.08 bits per heavy atom. The predicted octanol–water partition coefficient (Wildman–Crippen LogP) is 5.25. The molecule has 11 nitrogen and oxygen atoms in total. The van der Waals surface area contributed by atoms with Crippen molar-refractivity contribution in [3.05, 3.63) is 64.1 Å². The molecule has 49 heavy (non-hydrogen) atoms. The summed E-state index contributed by atoms with van der Waals surface area (Å²) in [6.45, 7) is 9.73. The maximum atomic E-state index is 13.4. The Hall–Kier alpha value is -4.34. The van der Waals surface area contributed by atoms with E-state index < -0.39 is 30.1 Å². The molecule has 0 radical (unpaired) electrons. The topological polar surface area (TPSA) is 135 Å². The van der Waals surface area contributed by atoms with Gasteiger partial charge in [0, 0.05) is 69.5 Å². The first-order valence-corrected chi connectivity index (χ1v) is 17.6. The molecule has 5 atom stereocenters. The van der Waals surface area contributed by atoms with Crippen molar-refractivity contribution >= 4 is 40.9 Å². The van der Waals surface area contributed by atoms with E-state index in [0.717, 1.165) is 5.56 Å². The summed E-state index contributed by atoms with van der Waals surface area (Å²) in [5.74, 6) is 1.04. The molecule has 4 amide bonds. The fourth-order valence-electron chi connectivity index (χ4n) is 5.62. The van der Waals surface area contributed by atoms with E-state index in [2.05, 4.69) is 16.2 Å². The lowest BCUT2D eigenvalue weighted by Gasteiger charge is -2.34. The van der Waals surface area contributed by atoms with Gasteiger partial charge < -0.3 is 19.7 Å². The number of rotatable bonds is 19. The second kappa shape index (κ2) is 19.0. The highest BCUT2D eigenvalue weighted by Crippen LogP contribution is 2.31. The number of terminal acetylenes is 1. The molecule has 0 spiro atoms. The number of carbonyl (C=O) groups excluding carboxylic acids is 5. The Morgan fingerprint density at radius 3 is 2.35 bits per heavy atom. The molecule has 0 saturated heterocycles. The van der Waals surface area contributed by atoms with Crippen molar-refractivity contribution in [2.75, 3.05) is 20.2 Å². The van der Waals surface area contributed by atoms with Gasteiger partial charge in [-0.05, 0) is 37.7 Å². The van der Waals surface area contributed by atoms with Gasteiger partial charge in [-0.1, -0.05) is 51.1 Å². The van der Waals surface area contributed by atoms with E-state index in [0.29, 0.717) is 37.3 Å². The summed E-state index contributed by atoms with van der Waals surface area (Å²) in [4.78, 5) is 70.0. The summed E-state index contributed by atoms with van der Waals surface area (Å²) in [6.07, 6.45) is 9.42. The minimum Gasteiger partial charge on any atom is -0.455 e. The summed E-state index contributed by atoms with van der Waals surface area (Å²) < 4.78 is 11.9. The first-order valence-electron chi connectivity index (χ1n) is 16.7. The molecule has 2 aromatic rings. The maximum absolute atomic E-state index is 13.4. The first kappa shape index (κ1) is 39.1. The molecule has 12 heteroatoms. The Balaban J connectivity index is 1.77. The van der Waals surface area contributed by atoms with Crippen LogP contribution in [0.2, 0.25) is 0 Å². The Labute approximate surface area is 293 Å². The monoisotopic (exact) mass is 692 g/mol. The van der Waals surface area contributed by atoms with Crippen LogP contribution < -0.4 is 5.32 Å². The highest BCUT2D eigenvalue weighted by molar-refractivity contribution is 7.09. The maximum Gasteiger partial charge on any atom is 0.303 e. The Bertz CT molecular complexity index is 1500. The summed E-state index contributed by atoms with van der Waals surface area (Å²) in [5.41, 5.74) is 0.942. The van der Waals surface area contributed by atoms with E-state index >= 15 is 0 Å². The summed E-state index contributed by atoms with van der Waals surface area (Å²) >= 11 is 1.29. The zero-order chi connectivity index (χ0) is 36.1. The summed E-state index contributed by atoms with van der Waals surface area (Å²) in [6, 6.07) is 8.43. The van der Waals surface area contributed by atoms with E-state index in [9.17, 15) is 24.0 Å². The molecule has 1 aromatic heterocycles. The number of ether oxygens (including phenoxy) is 2. The third-order valence-electron chi connectivity index (χ3n) is 8.53. The number of hydrogen-bond donors (Lipinski definition) is 1. The number of benzene rings is 1.